The molecule has 0 bridgehead atoms. The third-order valence-electron chi connectivity index (χ3n) is 2.61. The van der Waals surface area contributed by atoms with Gasteiger partial charge in [0.05, 0.1) is 12.9 Å². The van der Waals surface area contributed by atoms with Gasteiger partial charge in [0.25, 0.3) is 6.43 Å². The van der Waals surface area contributed by atoms with Gasteiger partial charge in [0, 0.05) is 5.56 Å². The predicted octanol–water partition coefficient (Wildman–Crippen LogP) is 4.10. The van der Waals surface area contributed by atoms with Crippen molar-refractivity contribution >= 4 is 0 Å². The fourth-order valence-corrected chi connectivity index (χ4v) is 1.72. The van der Waals surface area contributed by atoms with E-state index in [-0.39, 0.29) is 5.56 Å². The van der Waals surface area contributed by atoms with Crippen LogP contribution in [0.4, 0.5) is 8.78 Å². The first kappa shape index (κ1) is 16.4. The van der Waals surface area contributed by atoms with Crippen LogP contribution in [0.1, 0.15) is 17.7 Å². The summed E-state index contributed by atoms with van der Waals surface area (Å²) < 4.78 is 36.1. The van der Waals surface area contributed by atoms with E-state index in [0.717, 1.165) is 5.69 Å². The monoisotopic (exact) mass is 322 g/mol. The van der Waals surface area contributed by atoms with Crippen LogP contribution in [0.25, 0.3) is 11.1 Å². The zero-order valence-corrected chi connectivity index (χ0v) is 11.9. The second kappa shape index (κ2) is 7.81. The Hall–Kier alpha value is -1.66. The predicted molar refractivity (Wildman–Crippen MR) is 67.5 cm³/mol. The first-order chi connectivity index (χ1) is 9.61. The van der Waals surface area contributed by atoms with E-state index in [2.05, 4.69) is 26.6 Å². The summed E-state index contributed by atoms with van der Waals surface area (Å²) in [7, 11) is 1.51. The van der Waals surface area contributed by atoms with Gasteiger partial charge in [0.2, 0.25) is 0 Å². The van der Waals surface area contributed by atoms with Gasteiger partial charge in [-0.3, -0.25) is 4.98 Å². The van der Waals surface area contributed by atoms with Crippen molar-refractivity contribution in [2.24, 2.45) is 0 Å². The molecule has 0 spiro atoms. The van der Waals surface area contributed by atoms with Crippen molar-refractivity contribution in [3.63, 3.8) is 0 Å². The summed E-state index contributed by atoms with van der Waals surface area (Å²) in [6.07, 6.45) is -0.975. The summed E-state index contributed by atoms with van der Waals surface area (Å²) in [5.74, 6) is 0.543. The molecule has 3 nitrogen and oxygen atoms in total. The van der Waals surface area contributed by atoms with E-state index >= 15 is 0 Å². The number of nitrogens with zero attached hydrogens (tertiary/aromatic N) is 1. The van der Waals surface area contributed by atoms with E-state index in [0.29, 0.717) is 16.9 Å². The van der Waals surface area contributed by atoms with Crippen molar-refractivity contribution in [1.29, 1.82) is 4.41 Å². The van der Waals surface area contributed by atoms with Gasteiger partial charge in [-0.2, -0.15) is 11.6 Å². The molecule has 0 fully saturated rings. The molecule has 1 N–H and O–H groups in total. The number of hydrogen-bond acceptors (Lipinski definition) is 3. The van der Waals surface area contributed by atoms with Gasteiger partial charge in [-0.05, 0) is 24.9 Å². The number of aryl methyl sites for hydroxylation is 1. The Labute approximate surface area is 124 Å². The molecule has 0 amide bonds. The Kier molecular flexibility index (Phi) is 6.40. The summed E-state index contributed by atoms with van der Waals surface area (Å²) in [5.41, 5.74) is 2.06. The molecule has 0 atom stereocenters. The van der Waals surface area contributed by atoms with E-state index in [4.69, 9.17) is 9.15 Å². The molecule has 0 aliphatic rings. The van der Waals surface area contributed by atoms with Crippen LogP contribution in [0.2, 0.25) is 0 Å². The van der Waals surface area contributed by atoms with Gasteiger partial charge in [-0.25, -0.2) is 8.78 Å². The van der Waals surface area contributed by atoms with Crippen LogP contribution in [-0.4, -0.2) is 12.1 Å². The number of aromatic nitrogens is 1. The molecule has 0 aliphatic heterocycles. The number of pyridine rings is 1. The first-order valence-corrected chi connectivity index (χ1v) is 6.11. The normalized spacial score (nSPS) is 9.90. The molecule has 109 valence electrons. The molecule has 2 aromatic rings. The quantitative estimate of drug-likeness (QED) is 0.865. The Morgan fingerprint density at radius 2 is 2.00 bits per heavy atom. The molecule has 0 radical (unpaired) electrons. The van der Waals surface area contributed by atoms with Gasteiger partial charge in [-0.1, -0.05) is 17.7 Å². The maximum absolute atomic E-state index is 12.7. The number of alkyl halides is 2. The number of ether oxygens (including phenoxy) is 1. The number of halogens is 2. The number of benzene rings is 1. The number of rotatable bonds is 3. The Morgan fingerprint density at radius 1 is 1.30 bits per heavy atom. The van der Waals surface area contributed by atoms with Crippen molar-refractivity contribution in [2.75, 3.05) is 7.11 Å². The Bertz CT molecular complexity index is 579. The number of hydrogen-bond donors (Lipinski definition) is 1. The van der Waals surface area contributed by atoms with Crippen molar-refractivity contribution < 1.29 is 29.1 Å². The van der Waals surface area contributed by atoms with Crippen LogP contribution in [0.15, 0.2) is 30.5 Å². The molecular weight excluding hydrogens is 309 g/mol. The fraction of sp³-hybridized carbons (Fsp3) is 0.214. The number of methoxy groups -OCH3 is 1. The van der Waals surface area contributed by atoms with Crippen LogP contribution >= 0.6 is 0 Å². The van der Waals surface area contributed by atoms with Gasteiger partial charge < -0.3 is 4.74 Å². The SMILES string of the molecule is COc1ccc(C(F)F)cc1-c1[c-]cnc(C)c1.[NH]=[Co]. The zero-order chi connectivity index (χ0) is 15.1. The summed E-state index contributed by atoms with van der Waals surface area (Å²) >= 11 is 2.81. The molecule has 0 saturated heterocycles. The molecule has 0 saturated carbocycles. The van der Waals surface area contributed by atoms with Crippen molar-refractivity contribution in [3.05, 3.63) is 47.8 Å². The van der Waals surface area contributed by atoms with Crippen LogP contribution in [0.5, 0.6) is 5.75 Å². The molecular formula is C14H13CoF2N2O-. The third-order valence-corrected chi connectivity index (χ3v) is 2.61. The van der Waals surface area contributed by atoms with E-state index in [1.807, 2.05) is 6.92 Å². The molecule has 6 heteroatoms. The molecule has 1 heterocycles. The molecule has 0 unspecified atom stereocenters. The Balaban J connectivity index is 0.000000956. The first-order valence-electron chi connectivity index (χ1n) is 5.59. The minimum atomic E-state index is -2.50. The average Bonchev–Trinajstić information content (AvgIpc) is 2.48. The molecule has 2 rings (SSSR count). The van der Waals surface area contributed by atoms with E-state index < -0.39 is 6.43 Å². The van der Waals surface area contributed by atoms with Crippen molar-refractivity contribution in [3.8, 4) is 16.9 Å². The maximum atomic E-state index is 12.7. The summed E-state index contributed by atoms with van der Waals surface area (Å²) in [6, 6.07) is 9.04. The van der Waals surface area contributed by atoms with Gasteiger partial charge in [0.1, 0.15) is 0 Å². The average molecular weight is 322 g/mol. The van der Waals surface area contributed by atoms with E-state index in [9.17, 15) is 8.78 Å². The summed E-state index contributed by atoms with van der Waals surface area (Å²) in [6.45, 7) is 1.83. The van der Waals surface area contributed by atoms with E-state index in [1.165, 1.54) is 25.4 Å². The van der Waals surface area contributed by atoms with Crippen LogP contribution < -0.4 is 4.74 Å². The summed E-state index contributed by atoms with van der Waals surface area (Å²) in [4.78, 5) is 4.03. The van der Waals surface area contributed by atoms with Gasteiger partial charge in [-0.15, -0.1) is 6.07 Å². The molecule has 20 heavy (non-hydrogen) atoms. The third kappa shape index (κ3) is 3.91. The Morgan fingerprint density at radius 3 is 2.55 bits per heavy atom. The summed E-state index contributed by atoms with van der Waals surface area (Å²) in [5, 5.41) is 0. The van der Waals surface area contributed by atoms with Gasteiger partial charge >= 0.3 is 20.0 Å². The number of nitrogens with one attached hydrogen (secondary N) is 1. The topological polar surface area (TPSA) is 46.0 Å². The standard InChI is InChI=1S/C14H12F2NO.Co.HN/c1-9-7-10(5-6-17-9)12-8-11(14(15)16)3-4-13(12)18-2;;/h3-4,6-8,14H,1-2H3;;1H/q-1;;. The van der Waals surface area contributed by atoms with Crippen LogP contribution in [0, 0.1) is 17.4 Å². The van der Waals surface area contributed by atoms with Crippen LogP contribution in [-0.2, 0) is 15.5 Å². The zero-order valence-electron chi connectivity index (χ0n) is 10.9. The second-order valence-electron chi connectivity index (χ2n) is 3.86. The van der Waals surface area contributed by atoms with Crippen molar-refractivity contribution in [2.45, 2.75) is 13.3 Å². The van der Waals surface area contributed by atoms with Gasteiger partial charge in [0.15, 0.2) is 0 Å². The van der Waals surface area contributed by atoms with Crippen LogP contribution in [0.3, 0.4) is 0 Å². The molecule has 1 aromatic heterocycles. The van der Waals surface area contributed by atoms with Crippen molar-refractivity contribution in [1.82, 2.24) is 4.98 Å². The van der Waals surface area contributed by atoms with E-state index in [1.54, 1.807) is 12.1 Å². The molecule has 0 aliphatic carbocycles. The minimum absolute atomic E-state index is 0.0336. The fourth-order valence-electron chi connectivity index (χ4n) is 1.72. The second-order valence-corrected chi connectivity index (χ2v) is 3.86. The molecule has 1 aromatic carbocycles.